The average Bonchev–Trinajstić information content (AvgIpc) is 3.60. The lowest BCUT2D eigenvalue weighted by Crippen LogP contribution is -2.53. The molecular weight excluding hydrogens is 495 g/mol. The van der Waals surface area contributed by atoms with E-state index in [9.17, 15) is 14.0 Å². The van der Waals surface area contributed by atoms with Crippen molar-refractivity contribution in [1.29, 1.82) is 0 Å². The van der Waals surface area contributed by atoms with Crippen LogP contribution in [0.3, 0.4) is 0 Å². The minimum absolute atomic E-state index is 0.103. The van der Waals surface area contributed by atoms with Crippen molar-refractivity contribution in [3.63, 3.8) is 0 Å². The first-order valence-corrected chi connectivity index (χ1v) is 13.1. The van der Waals surface area contributed by atoms with Crippen molar-refractivity contribution in [2.24, 2.45) is 0 Å². The average molecular weight is 525 g/mol. The lowest BCUT2D eigenvalue weighted by atomic mass is 10.0. The van der Waals surface area contributed by atoms with E-state index in [1.807, 2.05) is 41.5 Å². The van der Waals surface area contributed by atoms with Gasteiger partial charge < -0.3 is 25.0 Å². The standard InChI is InChI=1S/C27H29FN4O4S/c1-18(30-27(34)26(33)29-16-19-8-9-22-23(15-19)36-17-35-22)25(24-7-4-14-37-24)32-12-10-31(11-13-32)21-6-3-2-5-20(21)28/h2-9,14-15,18,25H,10-13,16-17H2,1H3,(H,29,33)(H,30,34)/t18-,25+/m0/s1. The number of amides is 2. The Bertz CT molecular complexity index is 1250. The number of halogens is 1. The molecule has 2 amide bonds. The fourth-order valence-corrected chi connectivity index (χ4v) is 5.78. The third kappa shape index (κ3) is 5.70. The summed E-state index contributed by atoms with van der Waals surface area (Å²) in [7, 11) is 0. The van der Waals surface area contributed by atoms with Crippen molar-refractivity contribution in [2.45, 2.75) is 25.6 Å². The number of carbonyl (C=O) groups excluding carboxylic acids is 2. The van der Waals surface area contributed by atoms with Gasteiger partial charge in [-0.2, -0.15) is 0 Å². The van der Waals surface area contributed by atoms with E-state index in [1.165, 1.54) is 6.07 Å². The van der Waals surface area contributed by atoms with Gasteiger partial charge in [0, 0.05) is 43.6 Å². The van der Waals surface area contributed by atoms with Crippen molar-refractivity contribution in [3.8, 4) is 11.5 Å². The number of fused-ring (bicyclic) bond motifs is 1. The van der Waals surface area contributed by atoms with Crippen molar-refractivity contribution < 1.29 is 23.5 Å². The Morgan fingerprint density at radius 2 is 1.78 bits per heavy atom. The molecule has 3 aromatic rings. The van der Waals surface area contributed by atoms with Gasteiger partial charge in [0.2, 0.25) is 6.79 Å². The largest absolute Gasteiger partial charge is 0.454 e. The van der Waals surface area contributed by atoms with Crippen LogP contribution in [-0.2, 0) is 16.1 Å². The van der Waals surface area contributed by atoms with E-state index in [0.29, 0.717) is 43.4 Å². The molecule has 1 fully saturated rings. The second-order valence-electron chi connectivity index (χ2n) is 9.07. The molecule has 1 saturated heterocycles. The topological polar surface area (TPSA) is 83.1 Å². The van der Waals surface area contributed by atoms with Crippen molar-refractivity contribution in [2.75, 3.05) is 37.9 Å². The van der Waals surface area contributed by atoms with Crippen LogP contribution in [0.5, 0.6) is 11.5 Å². The lowest BCUT2D eigenvalue weighted by Gasteiger charge is -2.42. The van der Waals surface area contributed by atoms with Gasteiger partial charge in [0.05, 0.1) is 11.7 Å². The summed E-state index contributed by atoms with van der Waals surface area (Å²) in [5.41, 5.74) is 1.41. The molecule has 1 aromatic heterocycles. The molecule has 0 aliphatic carbocycles. The van der Waals surface area contributed by atoms with Gasteiger partial charge in [0.25, 0.3) is 0 Å². The summed E-state index contributed by atoms with van der Waals surface area (Å²) in [5, 5.41) is 7.57. The summed E-state index contributed by atoms with van der Waals surface area (Å²) >= 11 is 1.62. The van der Waals surface area contributed by atoms with E-state index in [1.54, 1.807) is 35.6 Å². The van der Waals surface area contributed by atoms with Crippen LogP contribution in [0.2, 0.25) is 0 Å². The Morgan fingerprint density at radius 1 is 1.00 bits per heavy atom. The van der Waals surface area contributed by atoms with Crippen molar-refractivity contribution >= 4 is 28.8 Å². The second-order valence-corrected chi connectivity index (χ2v) is 10.0. The molecule has 194 valence electrons. The van der Waals surface area contributed by atoms with Crippen LogP contribution < -0.4 is 25.0 Å². The van der Waals surface area contributed by atoms with Gasteiger partial charge in [0.15, 0.2) is 11.5 Å². The zero-order chi connectivity index (χ0) is 25.8. The number of piperazine rings is 1. The second kappa shape index (κ2) is 11.2. The van der Waals surface area contributed by atoms with E-state index >= 15 is 0 Å². The summed E-state index contributed by atoms with van der Waals surface area (Å²) in [6.07, 6.45) is 0. The minimum Gasteiger partial charge on any atom is -0.454 e. The minimum atomic E-state index is -0.696. The molecule has 0 spiro atoms. The van der Waals surface area contributed by atoms with Crippen LogP contribution in [0.15, 0.2) is 60.0 Å². The first-order valence-electron chi connectivity index (χ1n) is 12.2. The highest BCUT2D eigenvalue weighted by molar-refractivity contribution is 7.10. The predicted molar refractivity (Wildman–Crippen MR) is 139 cm³/mol. The number of nitrogens with one attached hydrogen (secondary N) is 2. The Morgan fingerprint density at radius 3 is 2.54 bits per heavy atom. The highest BCUT2D eigenvalue weighted by Gasteiger charge is 2.32. The normalized spacial score (nSPS) is 16.8. The Hall–Kier alpha value is -3.63. The third-order valence-corrected chi connectivity index (χ3v) is 7.61. The zero-order valence-electron chi connectivity index (χ0n) is 20.5. The number of anilines is 1. The van der Waals surface area contributed by atoms with E-state index in [4.69, 9.17) is 9.47 Å². The number of para-hydroxylation sites is 1. The molecule has 2 aromatic carbocycles. The molecule has 5 rings (SSSR count). The van der Waals surface area contributed by atoms with E-state index in [-0.39, 0.29) is 31.2 Å². The summed E-state index contributed by atoms with van der Waals surface area (Å²) < 4.78 is 24.9. The van der Waals surface area contributed by atoms with E-state index in [2.05, 4.69) is 15.5 Å². The van der Waals surface area contributed by atoms with Gasteiger partial charge in [-0.3, -0.25) is 14.5 Å². The number of ether oxygens (including phenoxy) is 2. The summed E-state index contributed by atoms with van der Waals surface area (Å²) in [4.78, 5) is 30.8. The molecule has 0 unspecified atom stereocenters. The van der Waals surface area contributed by atoms with Crippen LogP contribution in [0.4, 0.5) is 10.1 Å². The molecule has 3 heterocycles. The zero-order valence-corrected chi connectivity index (χ0v) is 21.3. The molecule has 0 bridgehead atoms. The van der Waals surface area contributed by atoms with Crippen LogP contribution in [0.1, 0.15) is 23.4 Å². The van der Waals surface area contributed by atoms with Crippen LogP contribution >= 0.6 is 11.3 Å². The van der Waals surface area contributed by atoms with Gasteiger partial charge in [-0.25, -0.2) is 4.39 Å². The maximum absolute atomic E-state index is 14.3. The van der Waals surface area contributed by atoms with Crippen molar-refractivity contribution in [1.82, 2.24) is 15.5 Å². The van der Waals surface area contributed by atoms with Crippen LogP contribution in [0, 0.1) is 5.82 Å². The number of carbonyl (C=O) groups is 2. The Kier molecular flexibility index (Phi) is 7.57. The summed E-state index contributed by atoms with van der Waals surface area (Å²) in [6, 6.07) is 15.8. The fourth-order valence-electron chi connectivity index (χ4n) is 4.82. The molecule has 37 heavy (non-hydrogen) atoms. The smallest absolute Gasteiger partial charge is 0.309 e. The van der Waals surface area contributed by atoms with Gasteiger partial charge in [-0.15, -0.1) is 11.3 Å². The number of benzene rings is 2. The SMILES string of the molecule is C[C@H](NC(=O)C(=O)NCc1ccc2c(c1)OCO2)[C@H](c1cccs1)N1CCN(c2ccccc2F)CC1. The van der Waals surface area contributed by atoms with E-state index < -0.39 is 11.8 Å². The predicted octanol–water partition coefficient (Wildman–Crippen LogP) is 3.30. The number of rotatable bonds is 7. The molecular formula is C27H29FN4O4S. The molecule has 2 N–H and O–H groups in total. The third-order valence-electron chi connectivity index (χ3n) is 6.66. The lowest BCUT2D eigenvalue weighted by molar-refractivity contribution is -0.140. The maximum Gasteiger partial charge on any atom is 0.309 e. The molecule has 2 aliphatic rings. The summed E-state index contributed by atoms with van der Waals surface area (Å²) in [6.45, 7) is 5.02. The van der Waals surface area contributed by atoms with Gasteiger partial charge in [-0.1, -0.05) is 24.3 Å². The number of thiophene rings is 1. The van der Waals surface area contributed by atoms with Crippen molar-refractivity contribution in [3.05, 3.63) is 76.2 Å². The first-order chi connectivity index (χ1) is 18.0. The summed E-state index contributed by atoms with van der Waals surface area (Å²) in [5.74, 6) is -0.313. The quantitative estimate of drug-likeness (QED) is 0.462. The number of hydrogen-bond donors (Lipinski definition) is 2. The first kappa shape index (κ1) is 25.0. The molecule has 10 heteroatoms. The molecule has 2 atom stereocenters. The highest BCUT2D eigenvalue weighted by atomic mass is 32.1. The monoisotopic (exact) mass is 524 g/mol. The number of nitrogens with zero attached hydrogens (tertiary/aromatic N) is 2. The Balaban J connectivity index is 1.19. The van der Waals surface area contributed by atoms with Gasteiger partial charge in [-0.05, 0) is 48.2 Å². The molecule has 0 radical (unpaired) electrons. The molecule has 2 aliphatic heterocycles. The van der Waals surface area contributed by atoms with Gasteiger partial charge in [0.1, 0.15) is 5.82 Å². The van der Waals surface area contributed by atoms with E-state index in [0.717, 1.165) is 10.4 Å². The van der Waals surface area contributed by atoms with Crippen LogP contribution in [-0.4, -0.2) is 55.7 Å². The molecule has 0 saturated carbocycles. The fraction of sp³-hybridized carbons (Fsp3) is 0.333. The number of hydrogen-bond acceptors (Lipinski definition) is 7. The molecule has 8 nitrogen and oxygen atoms in total. The maximum atomic E-state index is 14.3. The Labute approximate surface area is 219 Å². The van der Waals surface area contributed by atoms with Crippen LogP contribution in [0.25, 0.3) is 0 Å². The van der Waals surface area contributed by atoms with Gasteiger partial charge >= 0.3 is 11.8 Å². The highest BCUT2D eigenvalue weighted by Crippen LogP contribution is 2.33.